The Bertz CT molecular complexity index is 872. The van der Waals surface area contributed by atoms with Gasteiger partial charge in [-0.3, -0.25) is 5.41 Å². The van der Waals surface area contributed by atoms with Crippen LogP contribution in [-0.4, -0.2) is 12.0 Å². The van der Waals surface area contributed by atoms with Crippen molar-refractivity contribution in [1.82, 2.24) is 0 Å². The van der Waals surface area contributed by atoms with Gasteiger partial charge in [0.05, 0.1) is 24.1 Å². The maximum Gasteiger partial charge on any atom is 0.244 e. The van der Waals surface area contributed by atoms with Crippen molar-refractivity contribution in [2.45, 2.75) is 25.7 Å². The zero-order chi connectivity index (χ0) is 18.5. The first-order chi connectivity index (χ1) is 11.9. The van der Waals surface area contributed by atoms with Crippen molar-refractivity contribution in [3.05, 3.63) is 48.0 Å². The van der Waals surface area contributed by atoms with E-state index >= 15 is 0 Å². The van der Waals surface area contributed by atoms with E-state index in [1.54, 1.807) is 19.1 Å². The Morgan fingerprint density at radius 3 is 2.24 bits per heavy atom. The first kappa shape index (κ1) is 16.7. The van der Waals surface area contributed by atoms with Crippen molar-refractivity contribution in [1.29, 1.82) is 21.2 Å². The van der Waals surface area contributed by atoms with Crippen LogP contribution in [0.25, 0.3) is 0 Å². The zero-order valence-corrected chi connectivity index (χ0v) is 13.9. The topological polar surface area (TPSA) is 114 Å². The minimum Gasteiger partial charge on any atom is -0.443 e. The Kier molecular flexibility index (Phi) is 3.46. The van der Waals surface area contributed by atoms with Crippen molar-refractivity contribution in [2.24, 2.45) is 16.7 Å². The summed E-state index contributed by atoms with van der Waals surface area (Å²) in [5.74, 6) is -2.58. The van der Waals surface area contributed by atoms with E-state index in [1.807, 2.05) is 37.3 Å². The van der Waals surface area contributed by atoms with E-state index in [9.17, 15) is 15.8 Å². The average molecular weight is 332 g/mol. The summed E-state index contributed by atoms with van der Waals surface area (Å²) in [6.45, 7) is 7.28. The van der Waals surface area contributed by atoms with Crippen LogP contribution in [0.2, 0.25) is 0 Å². The third-order valence-electron chi connectivity index (χ3n) is 5.38. The Morgan fingerprint density at radius 2 is 1.76 bits per heavy atom. The van der Waals surface area contributed by atoms with Gasteiger partial charge in [-0.05, 0) is 6.92 Å². The maximum atomic E-state index is 9.96. The maximum absolute atomic E-state index is 9.96. The Morgan fingerprint density at radius 1 is 1.16 bits per heavy atom. The van der Waals surface area contributed by atoms with Gasteiger partial charge < -0.3 is 9.47 Å². The fourth-order valence-electron chi connectivity index (χ4n) is 3.90. The summed E-state index contributed by atoms with van der Waals surface area (Å²) in [6, 6.07) is 13.3. The zero-order valence-electron chi connectivity index (χ0n) is 13.9. The lowest BCUT2D eigenvalue weighted by Gasteiger charge is -2.47. The SMILES string of the molecule is C=CC1OC2(c3ccc(C)cc3)OC(=N)C(C#N)(C2C)C1(C#N)C#N. The van der Waals surface area contributed by atoms with Crippen LogP contribution in [-0.2, 0) is 15.3 Å². The summed E-state index contributed by atoms with van der Waals surface area (Å²) in [6.07, 6.45) is 0.248. The van der Waals surface area contributed by atoms with Gasteiger partial charge >= 0.3 is 0 Å². The molecule has 3 rings (SSSR count). The highest BCUT2D eigenvalue weighted by Gasteiger charge is 2.79. The standard InChI is InChI=1S/C19H16N4O2/c1-4-15-17(9-20,10-21)18(11-22)13(3)19(24-15,25-16(18)23)14-7-5-12(2)6-8-14/h4-8,13,15,23H,1H2,2-3H3. The molecule has 0 saturated carbocycles. The summed E-state index contributed by atoms with van der Waals surface area (Å²) >= 11 is 0. The molecule has 2 bridgehead atoms. The molecule has 25 heavy (non-hydrogen) atoms. The second-order valence-corrected chi connectivity index (χ2v) is 6.41. The van der Waals surface area contributed by atoms with Crippen LogP contribution in [0.15, 0.2) is 36.9 Å². The second kappa shape index (κ2) is 5.18. The third-order valence-corrected chi connectivity index (χ3v) is 5.38. The molecule has 2 aliphatic rings. The van der Waals surface area contributed by atoms with E-state index < -0.39 is 34.5 Å². The number of benzene rings is 1. The normalized spacial score (nSPS) is 34.9. The van der Waals surface area contributed by atoms with Gasteiger partial charge in [-0.25, -0.2) is 0 Å². The summed E-state index contributed by atoms with van der Waals surface area (Å²) in [5, 5.41) is 37.9. The van der Waals surface area contributed by atoms with E-state index in [-0.39, 0.29) is 0 Å². The minimum atomic E-state index is -1.91. The Labute approximate surface area is 146 Å². The molecule has 2 saturated heterocycles. The summed E-state index contributed by atoms with van der Waals surface area (Å²) in [5.41, 5.74) is -2.00. The highest BCUT2D eigenvalue weighted by molar-refractivity contribution is 5.89. The monoisotopic (exact) mass is 332 g/mol. The lowest BCUT2D eigenvalue weighted by atomic mass is 9.54. The molecular formula is C19H16N4O2. The Hall–Kier alpha value is -3.14. The molecule has 0 amide bonds. The van der Waals surface area contributed by atoms with Gasteiger partial charge in [0.15, 0.2) is 5.41 Å². The van der Waals surface area contributed by atoms with E-state index in [0.29, 0.717) is 5.56 Å². The first-order valence-corrected chi connectivity index (χ1v) is 7.78. The molecule has 4 unspecified atom stereocenters. The van der Waals surface area contributed by atoms with Crippen molar-refractivity contribution >= 4 is 5.90 Å². The number of ether oxygens (including phenoxy) is 2. The van der Waals surface area contributed by atoms with Crippen molar-refractivity contribution < 1.29 is 9.47 Å². The lowest BCUT2D eigenvalue weighted by Crippen LogP contribution is -2.60. The molecule has 0 spiro atoms. The summed E-state index contributed by atoms with van der Waals surface area (Å²) in [4.78, 5) is 0. The molecule has 1 aromatic carbocycles. The predicted molar refractivity (Wildman–Crippen MR) is 87.6 cm³/mol. The number of aryl methyl sites for hydroxylation is 1. The molecular weight excluding hydrogens is 316 g/mol. The summed E-state index contributed by atoms with van der Waals surface area (Å²) in [7, 11) is 0. The summed E-state index contributed by atoms with van der Waals surface area (Å²) < 4.78 is 11.9. The fourth-order valence-corrected chi connectivity index (χ4v) is 3.90. The molecule has 6 heteroatoms. The molecule has 0 aliphatic carbocycles. The number of fused-ring (bicyclic) bond motifs is 2. The van der Waals surface area contributed by atoms with E-state index in [2.05, 4.69) is 6.58 Å². The van der Waals surface area contributed by atoms with E-state index in [4.69, 9.17) is 14.9 Å². The largest absolute Gasteiger partial charge is 0.443 e. The van der Waals surface area contributed by atoms with Crippen LogP contribution >= 0.6 is 0 Å². The van der Waals surface area contributed by atoms with Gasteiger partial charge in [0, 0.05) is 5.56 Å². The molecule has 0 radical (unpaired) electrons. The first-order valence-electron chi connectivity index (χ1n) is 7.78. The molecule has 6 nitrogen and oxygen atoms in total. The highest BCUT2D eigenvalue weighted by atomic mass is 16.7. The predicted octanol–water partition coefficient (Wildman–Crippen LogP) is 2.92. The minimum absolute atomic E-state index is 0.421. The molecule has 124 valence electrons. The van der Waals surface area contributed by atoms with Gasteiger partial charge in [-0.15, -0.1) is 6.58 Å². The molecule has 0 aromatic heterocycles. The molecule has 1 N–H and O–H groups in total. The van der Waals surface area contributed by atoms with Gasteiger partial charge in [-0.2, -0.15) is 15.8 Å². The number of nitrogens with zero attached hydrogens (tertiary/aromatic N) is 3. The Balaban J connectivity index is 2.33. The van der Waals surface area contributed by atoms with Gasteiger partial charge in [0.25, 0.3) is 0 Å². The van der Waals surface area contributed by atoms with E-state index in [0.717, 1.165) is 5.56 Å². The second-order valence-electron chi connectivity index (χ2n) is 6.41. The van der Waals surface area contributed by atoms with Crippen LogP contribution in [0, 0.1) is 63.1 Å². The fraction of sp³-hybridized carbons (Fsp3) is 0.368. The van der Waals surface area contributed by atoms with E-state index in [1.165, 1.54) is 6.08 Å². The molecule has 1 aromatic rings. The lowest BCUT2D eigenvalue weighted by molar-refractivity contribution is -0.273. The van der Waals surface area contributed by atoms with Gasteiger partial charge in [-0.1, -0.05) is 42.8 Å². The molecule has 2 aliphatic heterocycles. The van der Waals surface area contributed by atoms with Crippen LogP contribution in [0.5, 0.6) is 0 Å². The van der Waals surface area contributed by atoms with Crippen LogP contribution in [0.3, 0.4) is 0 Å². The number of nitriles is 3. The van der Waals surface area contributed by atoms with Crippen LogP contribution in [0.4, 0.5) is 0 Å². The van der Waals surface area contributed by atoms with Gasteiger partial charge in [0.2, 0.25) is 17.1 Å². The van der Waals surface area contributed by atoms with Crippen LogP contribution < -0.4 is 0 Å². The average Bonchev–Trinajstić information content (AvgIpc) is 2.79. The molecule has 2 fully saturated rings. The number of rotatable bonds is 2. The smallest absolute Gasteiger partial charge is 0.244 e. The number of hydrogen-bond acceptors (Lipinski definition) is 6. The van der Waals surface area contributed by atoms with Crippen molar-refractivity contribution in [3.63, 3.8) is 0 Å². The van der Waals surface area contributed by atoms with Crippen molar-refractivity contribution in [2.75, 3.05) is 0 Å². The quantitative estimate of drug-likeness (QED) is 0.836. The number of nitrogens with one attached hydrogen (secondary N) is 1. The molecule has 4 atom stereocenters. The highest BCUT2D eigenvalue weighted by Crippen LogP contribution is 2.65. The van der Waals surface area contributed by atoms with Crippen LogP contribution in [0.1, 0.15) is 18.1 Å². The third kappa shape index (κ3) is 1.66. The van der Waals surface area contributed by atoms with Gasteiger partial charge in [0.1, 0.15) is 6.10 Å². The molecule has 2 heterocycles. The van der Waals surface area contributed by atoms with Crippen molar-refractivity contribution in [3.8, 4) is 18.2 Å². The number of hydrogen-bond donors (Lipinski definition) is 1.